The average Bonchev–Trinajstić information content (AvgIpc) is 2.76. The highest BCUT2D eigenvalue weighted by Gasteiger charge is 2.23. The van der Waals surface area contributed by atoms with E-state index in [1.807, 2.05) is 24.3 Å². The fraction of sp³-hybridized carbons (Fsp3) is 0.480. The molecule has 0 amide bonds. The SMILES string of the molecule is COC[C@@H](COc1ccc(C(C)(C)c2ccc(OC[C@H](C)CCl)cc2)cc1)OC(C)=O. The second-order valence-electron chi connectivity index (χ2n) is 8.24. The summed E-state index contributed by atoms with van der Waals surface area (Å²) in [6, 6.07) is 16.2. The molecule has 0 N–H and O–H groups in total. The molecule has 0 aromatic heterocycles. The van der Waals surface area contributed by atoms with Crippen molar-refractivity contribution >= 4 is 17.6 Å². The third-order valence-corrected chi connectivity index (χ3v) is 5.60. The number of carbonyl (C=O) groups excluding carboxylic acids is 1. The van der Waals surface area contributed by atoms with Crippen molar-refractivity contribution in [1.29, 1.82) is 0 Å². The summed E-state index contributed by atoms with van der Waals surface area (Å²) in [6.45, 7) is 8.93. The maximum absolute atomic E-state index is 11.2. The quantitative estimate of drug-likeness (QED) is 0.329. The molecular formula is C25H33ClO5. The molecule has 0 radical (unpaired) electrons. The van der Waals surface area contributed by atoms with E-state index in [2.05, 4.69) is 45.0 Å². The van der Waals surface area contributed by atoms with Crippen LogP contribution in [0.1, 0.15) is 38.8 Å². The predicted molar refractivity (Wildman–Crippen MR) is 123 cm³/mol. The summed E-state index contributed by atoms with van der Waals surface area (Å²) in [4.78, 5) is 11.2. The number of hydrogen-bond acceptors (Lipinski definition) is 5. The Bertz CT molecular complexity index is 802. The summed E-state index contributed by atoms with van der Waals surface area (Å²) in [6.07, 6.45) is -0.438. The van der Waals surface area contributed by atoms with Gasteiger partial charge in [-0.15, -0.1) is 11.6 Å². The molecule has 0 spiro atoms. The van der Waals surface area contributed by atoms with Gasteiger partial charge >= 0.3 is 5.97 Å². The van der Waals surface area contributed by atoms with Gasteiger partial charge in [0.2, 0.25) is 0 Å². The van der Waals surface area contributed by atoms with Gasteiger partial charge in [-0.05, 0) is 35.4 Å². The van der Waals surface area contributed by atoms with Gasteiger partial charge in [0, 0.05) is 31.2 Å². The van der Waals surface area contributed by atoms with Gasteiger partial charge in [0.25, 0.3) is 0 Å². The van der Waals surface area contributed by atoms with Crippen LogP contribution < -0.4 is 9.47 Å². The molecule has 6 heteroatoms. The summed E-state index contributed by atoms with van der Waals surface area (Å²) < 4.78 is 21.8. The molecule has 0 fully saturated rings. The number of hydrogen-bond donors (Lipinski definition) is 0. The van der Waals surface area contributed by atoms with Gasteiger partial charge in [0.05, 0.1) is 13.2 Å². The number of alkyl halides is 1. The van der Waals surface area contributed by atoms with E-state index < -0.39 is 6.10 Å². The van der Waals surface area contributed by atoms with Crippen molar-refractivity contribution in [1.82, 2.24) is 0 Å². The van der Waals surface area contributed by atoms with Gasteiger partial charge in [-0.1, -0.05) is 45.0 Å². The maximum atomic E-state index is 11.2. The van der Waals surface area contributed by atoms with Crippen LogP contribution in [0.25, 0.3) is 0 Å². The molecule has 31 heavy (non-hydrogen) atoms. The Balaban J connectivity index is 2.01. The van der Waals surface area contributed by atoms with Crippen molar-refractivity contribution in [3.8, 4) is 11.5 Å². The maximum Gasteiger partial charge on any atom is 0.303 e. The number of carbonyl (C=O) groups is 1. The van der Waals surface area contributed by atoms with Gasteiger partial charge in [-0.25, -0.2) is 0 Å². The van der Waals surface area contributed by atoms with Crippen molar-refractivity contribution in [2.45, 2.75) is 39.2 Å². The first-order valence-corrected chi connectivity index (χ1v) is 11.0. The zero-order valence-corrected chi connectivity index (χ0v) is 19.8. The summed E-state index contributed by atoms with van der Waals surface area (Å²) in [5.41, 5.74) is 2.17. The number of methoxy groups -OCH3 is 1. The molecule has 2 atom stereocenters. The highest BCUT2D eigenvalue weighted by Crippen LogP contribution is 2.33. The Morgan fingerprint density at radius 1 is 0.903 bits per heavy atom. The normalized spacial score (nSPS) is 13.4. The van der Waals surface area contributed by atoms with Crippen LogP contribution >= 0.6 is 11.6 Å². The van der Waals surface area contributed by atoms with Gasteiger partial charge < -0.3 is 18.9 Å². The van der Waals surface area contributed by atoms with Gasteiger partial charge in [-0.2, -0.15) is 0 Å². The molecule has 0 saturated heterocycles. The van der Waals surface area contributed by atoms with Crippen LogP contribution in [0.3, 0.4) is 0 Å². The second-order valence-corrected chi connectivity index (χ2v) is 8.55. The topological polar surface area (TPSA) is 54.0 Å². The Morgan fingerprint density at radius 3 is 1.81 bits per heavy atom. The summed E-state index contributed by atoms with van der Waals surface area (Å²) in [5.74, 6) is 2.11. The Hall–Kier alpha value is -2.24. The van der Waals surface area contributed by atoms with E-state index in [0.717, 1.165) is 11.3 Å². The smallest absolute Gasteiger partial charge is 0.303 e. The lowest BCUT2D eigenvalue weighted by Gasteiger charge is -2.26. The Kier molecular flexibility index (Phi) is 9.66. The van der Waals surface area contributed by atoms with Crippen molar-refractivity contribution in [2.75, 3.05) is 32.8 Å². The van der Waals surface area contributed by atoms with Crippen molar-refractivity contribution in [3.05, 3.63) is 59.7 Å². The van der Waals surface area contributed by atoms with E-state index in [1.54, 1.807) is 7.11 Å². The molecule has 0 saturated carbocycles. The number of esters is 1. The molecule has 2 aromatic carbocycles. The number of ether oxygens (including phenoxy) is 4. The Labute approximate surface area is 190 Å². The number of rotatable bonds is 12. The molecule has 0 aliphatic carbocycles. The molecule has 0 heterocycles. The van der Waals surface area contributed by atoms with Crippen LogP contribution in [0.4, 0.5) is 0 Å². The molecule has 0 aliphatic heterocycles. The highest BCUT2D eigenvalue weighted by molar-refractivity contribution is 6.18. The van der Waals surface area contributed by atoms with Crippen LogP contribution in [-0.4, -0.2) is 44.9 Å². The van der Waals surface area contributed by atoms with Crippen LogP contribution in [0, 0.1) is 5.92 Å². The van der Waals surface area contributed by atoms with Gasteiger partial charge in [0.15, 0.2) is 6.10 Å². The molecule has 2 rings (SSSR count). The van der Waals surface area contributed by atoms with E-state index in [9.17, 15) is 4.79 Å². The van der Waals surface area contributed by atoms with E-state index in [0.29, 0.717) is 24.2 Å². The number of benzene rings is 2. The summed E-state index contributed by atoms with van der Waals surface area (Å²) in [7, 11) is 1.56. The molecule has 0 unspecified atom stereocenters. The third kappa shape index (κ3) is 7.75. The van der Waals surface area contributed by atoms with E-state index in [1.165, 1.54) is 12.5 Å². The zero-order chi connectivity index (χ0) is 22.9. The molecule has 0 aliphatic rings. The summed E-state index contributed by atoms with van der Waals surface area (Å²) in [5, 5.41) is 0. The highest BCUT2D eigenvalue weighted by atomic mass is 35.5. The van der Waals surface area contributed by atoms with Crippen LogP contribution in [-0.2, 0) is 19.7 Å². The Morgan fingerprint density at radius 2 is 1.39 bits per heavy atom. The lowest BCUT2D eigenvalue weighted by Crippen LogP contribution is -2.28. The predicted octanol–water partition coefficient (Wildman–Crippen LogP) is 5.22. The average molecular weight is 449 g/mol. The first kappa shape index (κ1) is 25.0. The zero-order valence-electron chi connectivity index (χ0n) is 19.0. The molecular weight excluding hydrogens is 416 g/mol. The van der Waals surface area contributed by atoms with Crippen LogP contribution in [0.5, 0.6) is 11.5 Å². The van der Waals surface area contributed by atoms with Gasteiger partial charge in [0.1, 0.15) is 18.1 Å². The van der Waals surface area contributed by atoms with Crippen molar-refractivity contribution in [3.63, 3.8) is 0 Å². The number of halogens is 1. The fourth-order valence-electron chi connectivity index (χ4n) is 3.11. The van der Waals surface area contributed by atoms with E-state index in [4.69, 9.17) is 30.5 Å². The lowest BCUT2D eigenvalue weighted by molar-refractivity contribution is -0.150. The molecule has 2 aromatic rings. The minimum Gasteiger partial charge on any atom is -0.493 e. The molecule has 0 bridgehead atoms. The van der Waals surface area contributed by atoms with Gasteiger partial charge in [-0.3, -0.25) is 4.79 Å². The standard InChI is InChI=1S/C25H33ClO5/c1-18(14-26)15-29-22-10-6-20(7-11-22)25(3,4)21-8-12-23(13-9-21)30-17-24(16-28-5)31-19(2)27/h6-13,18,24H,14-17H2,1-5H3/t18-,24+/m1/s1. The summed E-state index contributed by atoms with van der Waals surface area (Å²) >= 11 is 5.84. The fourth-order valence-corrected chi connectivity index (χ4v) is 3.20. The lowest BCUT2D eigenvalue weighted by atomic mass is 9.78. The van der Waals surface area contributed by atoms with Crippen molar-refractivity contribution < 1.29 is 23.7 Å². The monoisotopic (exact) mass is 448 g/mol. The van der Waals surface area contributed by atoms with Crippen LogP contribution in [0.15, 0.2) is 48.5 Å². The first-order chi connectivity index (χ1) is 14.8. The van der Waals surface area contributed by atoms with Crippen molar-refractivity contribution in [2.24, 2.45) is 5.92 Å². The van der Waals surface area contributed by atoms with E-state index in [-0.39, 0.29) is 24.6 Å². The minimum absolute atomic E-state index is 0.184. The molecule has 170 valence electrons. The first-order valence-electron chi connectivity index (χ1n) is 10.4. The minimum atomic E-state index is -0.438. The van der Waals surface area contributed by atoms with Crippen LogP contribution in [0.2, 0.25) is 0 Å². The van der Waals surface area contributed by atoms with E-state index >= 15 is 0 Å². The largest absolute Gasteiger partial charge is 0.493 e. The third-order valence-electron chi connectivity index (χ3n) is 5.07. The second kappa shape index (κ2) is 12.0. The molecule has 5 nitrogen and oxygen atoms in total.